The van der Waals surface area contributed by atoms with Crippen LogP contribution >= 0.6 is 0 Å². The van der Waals surface area contributed by atoms with Gasteiger partial charge >= 0.3 is 5.97 Å². The van der Waals surface area contributed by atoms with Gasteiger partial charge in [0, 0.05) is 45.0 Å². The monoisotopic (exact) mass is 358 g/mol. The van der Waals surface area contributed by atoms with Gasteiger partial charge in [-0.2, -0.15) is 0 Å². The molecule has 2 aliphatic rings. The van der Waals surface area contributed by atoms with Crippen LogP contribution in [0.5, 0.6) is 0 Å². The van der Waals surface area contributed by atoms with E-state index < -0.39 is 0 Å². The third kappa shape index (κ3) is 3.64. The second kappa shape index (κ2) is 7.98. The highest BCUT2D eigenvalue weighted by Gasteiger charge is 2.37. The fourth-order valence-electron chi connectivity index (χ4n) is 4.19. The van der Waals surface area contributed by atoms with Crippen molar-refractivity contribution in [2.45, 2.75) is 26.3 Å². The number of para-hydroxylation sites is 1. The Balaban J connectivity index is 1.55. The highest BCUT2D eigenvalue weighted by atomic mass is 16.5. The molecule has 142 valence electrons. The molecular formula is C20H30N4O2. The maximum atomic E-state index is 11.9. The van der Waals surface area contributed by atoms with Crippen molar-refractivity contribution in [3.8, 4) is 0 Å². The van der Waals surface area contributed by atoms with E-state index in [2.05, 4.69) is 58.2 Å². The number of rotatable bonds is 4. The first-order chi connectivity index (χ1) is 12.5. The maximum Gasteiger partial charge on any atom is 0.310 e. The first kappa shape index (κ1) is 18.5. The number of methoxy groups -OCH3 is 1. The Morgan fingerprint density at radius 3 is 2.81 bits per heavy atom. The minimum Gasteiger partial charge on any atom is -0.469 e. The third-order valence-corrected chi connectivity index (χ3v) is 5.61. The number of carbonyl (C=O) groups is 1. The number of guanidine groups is 1. The first-order valence-corrected chi connectivity index (χ1v) is 9.43. The topological polar surface area (TPSA) is 57.2 Å². The molecule has 0 amide bonds. The van der Waals surface area contributed by atoms with E-state index in [1.54, 1.807) is 7.05 Å². The summed E-state index contributed by atoms with van der Waals surface area (Å²) in [6, 6.07) is 9.16. The molecule has 0 spiro atoms. The van der Waals surface area contributed by atoms with Crippen LogP contribution in [-0.2, 0) is 16.0 Å². The number of anilines is 1. The van der Waals surface area contributed by atoms with Gasteiger partial charge in [0.15, 0.2) is 5.96 Å². The van der Waals surface area contributed by atoms with Crippen molar-refractivity contribution in [3.05, 3.63) is 29.8 Å². The van der Waals surface area contributed by atoms with Gasteiger partial charge in [-0.1, -0.05) is 25.1 Å². The quantitative estimate of drug-likeness (QED) is 0.505. The molecular weight excluding hydrogens is 328 g/mol. The van der Waals surface area contributed by atoms with Crippen molar-refractivity contribution in [2.75, 3.05) is 45.2 Å². The number of aliphatic imine (C=N–C) groups is 1. The van der Waals surface area contributed by atoms with Crippen LogP contribution in [0.1, 0.15) is 19.4 Å². The number of hydrogen-bond donors (Lipinski definition) is 1. The number of benzene rings is 1. The fourth-order valence-corrected chi connectivity index (χ4v) is 4.19. The summed E-state index contributed by atoms with van der Waals surface area (Å²) in [5.74, 6) is 0.928. The Morgan fingerprint density at radius 1 is 1.31 bits per heavy atom. The molecule has 3 atom stereocenters. The van der Waals surface area contributed by atoms with E-state index >= 15 is 0 Å². The second-order valence-corrected chi connectivity index (χ2v) is 7.36. The highest BCUT2D eigenvalue weighted by Crippen LogP contribution is 2.31. The third-order valence-electron chi connectivity index (χ3n) is 5.61. The summed E-state index contributed by atoms with van der Waals surface area (Å²) < 4.78 is 4.93. The summed E-state index contributed by atoms with van der Waals surface area (Å²) in [7, 11) is 3.26. The lowest BCUT2D eigenvalue weighted by Crippen LogP contribution is -2.44. The summed E-state index contributed by atoms with van der Waals surface area (Å²) in [6.07, 6.45) is 1.11. The minimum atomic E-state index is -0.127. The summed E-state index contributed by atoms with van der Waals surface area (Å²) in [6.45, 7) is 7.61. The van der Waals surface area contributed by atoms with Crippen molar-refractivity contribution < 1.29 is 9.53 Å². The van der Waals surface area contributed by atoms with Gasteiger partial charge < -0.3 is 19.9 Å². The van der Waals surface area contributed by atoms with Gasteiger partial charge in [-0.15, -0.1) is 0 Å². The number of nitrogens with zero attached hydrogens (tertiary/aromatic N) is 3. The lowest BCUT2D eigenvalue weighted by molar-refractivity contribution is -0.145. The molecule has 3 rings (SSSR count). The smallest absolute Gasteiger partial charge is 0.310 e. The van der Waals surface area contributed by atoms with Gasteiger partial charge in [0.1, 0.15) is 0 Å². The molecule has 6 heteroatoms. The Labute approximate surface area is 156 Å². The molecule has 0 aliphatic carbocycles. The van der Waals surface area contributed by atoms with E-state index in [1.807, 2.05) is 0 Å². The molecule has 0 radical (unpaired) electrons. The van der Waals surface area contributed by atoms with Crippen LogP contribution in [0.3, 0.4) is 0 Å². The zero-order chi connectivity index (χ0) is 18.7. The van der Waals surface area contributed by atoms with Crippen LogP contribution in [0, 0.1) is 11.8 Å². The van der Waals surface area contributed by atoms with Crippen LogP contribution in [0.2, 0.25) is 0 Å². The van der Waals surface area contributed by atoms with Crippen LogP contribution < -0.4 is 10.2 Å². The number of hydrogen-bond acceptors (Lipinski definition) is 4. The van der Waals surface area contributed by atoms with Crippen molar-refractivity contribution in [3.63, 3.8) is 0 Å². The van der Waals surface area contributed by atoms with E-state index in [9.17, 15) is 4.79 Å². The number of carbonyl (C=O) groups excluding carboxylic acids is 1. The number of ether oxygens (including phenoxy) is 1. The van der Waals surface area contributed by atoms with Crippen molar-refractivity contribution in [2.24, 2.45) is 16.8 Å². The molecule has 0 bridgehead atoms. The van der Waals surface area contributed by atoms with E-state index in [-0.39, 0.29) is 17.8 Å². The molecule has 1 aromatic carbocycles. The van der Waals surface area contributed by atoms with Gasteiger partial charge in [-0.05, 0) is 30.9 Å². The maximum absolute atomic E-state index is 11.9. The molecule has 2 heterocycles. The molecule has 1 aromatic rings. The van der Waals surface area contributed by atoms with Gasteiger partial charge in [0.2, 0.25) is 0 Å². The number of likely N-dealkylation sites (tertiary alicyclic amines) is 1. The first-order valence-electron chi connectivity index (χ1n) is 9.43. The van der Waals surface area contributed by atoms with E-state index in [0.29, 0.717) is 12.6 Å². The fraction of sp³-hybridized carbons (Fsp3) is 0.600. The molecule has 1 N–H and O–H groups in total. The largest absolute Gasteiger partial charge is 0.469 e. The van der Waals surface area contributed by atoms with Gasteiger partial charge in [-0.25, -0.2) is 0 Å². The molecule has 6 nitrogen and oxygen atoms in total. The summed E-state index contributed by atoms with van der Waals surface area (Å²) >= 11 is 0. The second-order valence-electron chi connectivity index (χ2n) is 7.36. The average molecular weight is 358 g/mol. The average Bonchev–Trinajstić information content (AvgIpc) is 3.18. The number of nitrogens with one attached hydrogen (secondary N) is 1. The summed E-state index contributed by atoms with van der Waals surface area (Å²) in [5.41, 5.74) is 2.77. The molecule has 1 saturated heterocycles. The lowest BCUT2D eigenvalue weighted by Gasteiger charge is -2.27. The standard InChI is InChI=1S/C20H30N4O2/c1-14-12-23(13-17(14)19(25)26-4)20(21-3)22-9-10-24-15(2)11-16-7-5-6-8-18(16)24/h5-8,14-15,17H,9-13H2,1-4H3,(H,21,22). The zero-order valence-electron chi connectivity index (χ0n) is 16.2. The SMILES string of the molecule is CN=C(NCCN1c2ccccc2CC1C)N1CC(C)C(C(=O)OC)C1. The molecule has 1 fully saturated rings. The lowest BCUT2D eigenvalue weighted by atomic mass is 9.99. The molecule has 3 unspecified atom stereocenters. The molecule has 26 heavy (non-hydrogen) atoms. The van der Waals surface area contributed by atoms with Gasteiger partial charge in [-0.3, -0.25) is 9.79 Å². The predicted octanol–water partition coefficient (Wildman–Crippen LogP) is 1.75. The number of esters is 1. The Morgan fingerprint density at radius 2 is 2.08 bits per heavy atom. The van der Waals surface area contributed by atoms with Crippen molar-refractivity contribution >= 4 is 17.6 Å². The minimum absolute atomic E-state index is 0.0796. The van der Waals surface area contributed by atoms with Crippen LogP contribution in [0.15, 0.2) is 29.3 Å². The Hall–Kier alpha value is -2.24. The molecule has 2 aliphatic heterocycles. The number of fused-ring (bicyclic) bond motifs is 1. The van der Waals surface area contributed by atoms with Crippen LogP contribution in [-0.4, -0.2) is 63.2 Å². The summed E-state index contributed by atoms with van der Waals surface area (Å²) in [5, 5.41) is 3.47. The summed E-state index contributed by atoms with van der Waals surface area (Å²) in [4.78, 5) is 20.9. The highest BCUT2D eigenvalue weighted by molar-refractivity contribution is 5.82. The molecule has 0 saturated carbocycles. The van der Waals surface area contributed by atoms with Gasteiger partial charge in [0.25, 0.3) is 0 Å². The van der Waals surface area contributed by atoms with E-state index in [0.717, 1.165) is 32.0 Å². The van der Waals surface area contributed by atoms with Crippen LogP contribution in [0.4, 0.5) is 5.69 Å². The van der Waals surface area contributed by atoms with Crippen molar-refractivity contribution in [1.82, 2.24) is 10.2 Å². The van der Waals surface area contributed by atoms with E-state index in [4.69, 9.17) is 4.74 Å². The Kier molecular flexibility index (Phi) is 5.69. The van der Waals surface area contributed by atoms with Crippen molar-refractivity contribution in [1.29, 1.82) is 0 Å². The van der Waals surface area contributed by atoms with Crippen LogP contribution in [0.25, 0.3) is 0 Å². The predicted molar refractivity (Wildman–Crippen MR) is 105 cm³/mol. The Bertz CT molecular complexity index is 676. The normalized spacial score (nSPS) is 25.4. The van der Waals surface area contributed by atoms with Gasteiger partial charge in [0.05, 0.1) is 13.0 Å². The molecule has 0 aromatic heterocycles. The zero-order valence-corrected chi connectivity index (χ0v) is 16.2. The van der Waals surface area contributed by atoms with E-state index in [1.165, 1.54) is 18.4 Å².